The third-order valence-electron chi connectivity index (χ3n) is 13.1. The third-order valence-corrected chi connectivity index (χ3v) is 13.1. The van der Waals surface area contributed by atoms with Crippen molar-refractivity contribution in [1.29, 1.82) is 0 Å². The number of carboxylic acid groups (broad SMARTS) is 2. The number of amides is 1. The van der Waals surface area contributed by atoms with Gasteiger partial charge in [0.2, 0.25) is 5.91 Å². The van der Waals surface area contributed by atoms with Crippen molar-refractivity contribution in [3.8, 4) is 0 Å². The first-order valence-corrected chi connectivity index (χ1v) is 23.3. The van der Waals surface area contributed by atoms with Crippen molar-refractivity contribution in [2.24, 2.45) is 5.92 Å². The highest BCUT2D eigenvalue weighted by Crippen LogP contribution is 2.54. The molecule has 4 rings (SSSR count). The molecule has 1 amide bonds. The van der Waals surface area contributed by atoms with Crippen LogP contribution in [0.4, 0.5) is 17.1 Å². The number of benzene rings is 2. The molecule has 0 radical (unpaired) electrons. The van der Waals surface area contributed by atoms with Crippen molar-refractivity contribution < 1.29 is 24.6 Å². The highest BCUT2D eigenvalue weighted by Gasteiger charge is 2.46. The minimum absolute atomic E-state index is 0.0168. The second-order valence-electron chi connectivity index (χ2n) is 18.2. The fourth-order valence-electron chi connectivity index (χ4n) is 9.66. The van der Waals surface area contributed by atoms with Crippen LogP contribution in [0.3, 0.4) is 0 Å². The molecule has 0 aliphatic carbocycles. The standard InChI is InChI=1S/C52H77N3O5/c1-9-12-15-20-33-52(34-21-16-13-10-2)43-23-18-19-24-45(43)55(37-32-50(59)60)48(52)30-26-41(39(4)5)25-29-47-51(7,8)44-38-42(53(40(6)56)35-22-17-14-11-3)27-28-46(44)54(47)36-31-49(57)58/h18-19,23-30,38-39,47H,9-17,20-22,31-37H2,1-8H3,(H,57,58)(H,59,60). The average molecular weight is 824 g/mol. The number of carbonyl (C=O) groups excluding carboxylic acids is 1. The van der Waals surface area contributed by atoms with Crippen molar-refractivity contribution >= 4 is 34.9 Å². The summed E-state index contributed by atoms with van der Waals surface area (Å²) in [6.45, 7) is 18.7. The Bertz CT molecular complexity index is 1810. The molecule has 2 aliphatic heterocycles. The van der Waals surface area contributed by atoms with E-state index in [-0.39, 0.29) is 41.5 Å². The van der Waals surface area contributed by atoms with Crippen LogP contribution in [0.2, 0.25) is 0 Å². The van der Waals surface area contributed by atoms with Crippen LogP contribution in [0.1, 0.15) is 169 Å². The monoisotopic (exact) mass is 824 g/mol. The Morgan fingerprint density at radius 2 is 1.37 bits per heavy atom. The van der Waals surface area contributed by atoms with Gasteiger partial charge in [-0.3, -0.25) is 14.4 Å². The minimum Gasteiger partial charge on any atom is -0.481 e. The number of fused-ring (bicyclic) bond motifs is 2. The zero-order valence-corrected chi connectivity index (χ0v) is 38.4. The first kappa shape index (κ1) is 48.3. The van der Waals surface area contributed by atoms with E-state index in [0.29, 0.717) is 19.6 Å². The van der Waals surface area contributed by atoms with Crippen molar-refractivity contribution in [3.63, 3.8) is 0 Å². The molecule has 0 aromatic heterocycles. The molecule has 0 bridgehead atoms. The van der Waals surface area contributed by atoms with Crippen molar-refractivity contribution in [2.75, 3.05) is 34.3 Å². The van der Waals surface area contributed by atoms with Gasteiger partial charge in [-0.25, -0.2) is 0 Å². The Hall–Kier alpha value is -4.33. The van der Waals surface area contributed by atoms with Crippen LogP contribution < -0.4 is 14.7 Å². The van der Waals surface area contributed by atoms with Gasteiger partial charge in [-0.2, -0.15) is 0 Å². The van der Waals surface area contributed by atoms with Crippen molar-refractivity contribution in [1.82, 2.24) is 0 Å². The maximum absolute atomic E-state index is 12.9. The molecule has 2 heterocycles. The topological polar surface area (TPSA) is 101 Å². The van der Waals surface area contributed by atoms with E-state index in [4.69, 9.17) is 0 Å². The van der Waals surface area contributed by atoms with Crippen LogP contribution in [0, 0.1) is 5.92 Å². The lowest BCUT2D eigenvalue weighted by atomic mass is 9.71. The Labute approximate surface area is 362 Å². The number of allylic oxidation sites excluding steroid dienone is 5. The Morgan fingerprint density at radius 1 is 0.767 bits per heavy atom. The molecule has 2 N–H and O–H groups in total. The highest BCUT2D eigenvalue weighted by atomic mass is 16.4. The first-order valence-electron chi connectivity index (χ1n) is 23.3. The predicted octanol–water partition coefficient (Wildman–Crippen LogP) is 12.8. The molecule has 1 unspecified atom stereocenters. The zero-order chi connectivity index (χ0) is 43.9. The number of aliphatic carboxylic acids is 2. The lowest BCUT2D eigenvalue weighted by Gasteiger charge is -2.34. The summed E-state index contributed by atoms with van der Waals surface area (Å²) < 4.78 is 0. The Balaban J connectivity index is 1.81. The lowest BCUT2D eigenvalue weighted by Crippen LogP contribution is -2.41. The summed E-state index contributed by atoms with van der Waals surface area (Å²) in [6.07, 6.45) is 24.9. The predicted molar refractivity (Wildman–Crippen MR) is 250 cm³/mol. The molecular weight excluding hydrogens is 747 g/mol. The number of nitrogens with zero attached hydrogens (tertiary/aromatic N) is 3. The van der Waals surface area contributed by atoms with Gasteiger partial charge >= 0.3 is 11.9 Å². The second kappa shape index (κ2) is 23.0. The summed E-state index contributed by atoms with van der Waals surface area (Å²) in [4.78, 5) is 43.4. The SMILES string of the molecule is CCCCCCN(C(C)=O)c1ccc2c(c1)C(C)(C)C(C=CC(=CC=C1N(CCC(=O)O)c3ccccc3C1(CCCCCC)CCCCCC)C(C)C)N2CCC(=O)O. The summed E-state index contributed by atoms with van der Waals surface area (Å²) in [5, 5.41) is 19.7. The van der Waals surface area contributed by atoms with E-state index in [0.717, 1.165) is 79.6 Å². The number of para-hydroxylation sites is 1. The number of rotatable bonds is 26. The maximum Gasteiger partial charge on any atom is 0.305 e. The van der Waals surface area contributed by atoms with Gasteiger partial charge in [0.1, 0.15) is 0 Å². The van der Waals surface area contributed by atoms with Gasteiger partial charge in [0.05, 0.1) is 18.9 Å². The molecule has 330 valence electrons. The van der Waals surface area contributed by atoms with Crippen LogP contribution in [0.15, 0.2) is 78.0 Å². The quantitative estimate of drug-likeness (QED) is 0.0719. The first-order chi connectivity index (χ1) is 28.7. The fourth-order valence-corrected chi connectivity index (χ4v) is 9.66. The fraction of sp³-hybridized carbons (Fsp3) is 0.596. The molecule has 1 atom stereocenters. The zero-order valence-electron chi connectivity index (χ0n) is 38.4. The largest absolute Gasteiger partial charge is 0.481 e. The van der Waals surface area contributed by atoms with Crippen molar-refractivity contribution in [3.05, 3.63) is 89.2 Å². The Morgan fingerprint density at radius 3 is 1.95 bits per heavy atom. The highest BCUT2D eigenvalue weighted by molar-refractivity contribution is 5.92. The maximum atomic E-state index is 12.9. The summed E-state index contributed by atoms with van der Waals surface area (Å²) in [7, 11) is 0. The van der Waals surface area contributed by atoms with Gasteiger partial charge in [-0.15, -0.1) is 0 Å². The van der Waals surface area contributed by atoms with E-state index in [1.807, 2.05) is 11.0 Å². The number of anilines is 3. The molecule has 2 aromatic rings. The van der Waals surface area contributed by atoms with Crippen LogP contribution in [-0.2, 0) is 25.2 Å². The Kier molecular flexibility index (Phi) is 18.6. The van der Waals surface area contributed by atoms with Gasteiger partial charge in [0.25, 0.3) is 0 Å². The summed E-state index contributed by atoms with van der Waals surface area (Å²) in [5.74, 6) is -1.40. The number of carbonyl (C=O) groups is 3. The smallest absolute Gasteiger partial charge is 0.305 e. The molecular formula is C52H77N3O5. The molecule has 2 aliphatic rings. The van der Waals surface area contributed by atoms with Crippen LogP contribution in [-0.4, -0.2) is 53.7 Å². The average Bonchev–Trinajstić information content (AvgIpc) is 3.59. The molecule has 0 spiro atoms. The molecule has 2 aromatic carbocycles. The van der Waals surface area contributed by atoms with Crippen LogP contribution in [0.25, 0.3) is 0 Å². The van der Waals surface area contributed by atoms with E-state index < -0.39 is 11.9 Å². The van der Waals surface area contributed by atoms with Gasteiger partial charge in [-0.05, 0) is 72.2 Å². The number of hydrogen-bond acceptors (Lipinski definition) is 5. The van der Waals surface area contributed by atoms with Crippen LogP contribution >= 0.6 is 0 Å². The van der Waals surface area contributed by atoms with E-state index in [1.165, 1.54) is 49.8 Å². The summed E-state index contributed by atoms with van der Waals surface area (Å²) in [5.41, 5.74) is 7.26. The molecule has 0 saturated heterocycles. The number of carboxylic acids is 2. The second-order valence-corrected chi connectivity index (χ2v) is 18.2. The normalized spacial score (nSPS) is 17.5. The van der Waals surface area contributed by atoms with E-state index in [1.54, 1.807) is 6.92 Å². The summed E-state index contributed by atoms with van der Waals surface area (Å²) >= 11 is 0. The van der Waals surface area contributed by atoms with Crippen LogP contribution in [0.5, 0.6) is 0 Å². The molecule has 60 heavy (non-hydrogen) atoms. The van der Waals surface area contributed by atoms with E-state index >= 15 is 0 Å². The van der Waals surface area contributed by atoms with Crippen molar-refractivity contribution in [2.45, 2.75) is 175 Å². The van der Waals surface area contributed by atoms with Gasteiger partial charge in [-0.1, -0.05) is 156 Å². The molecule has 0 fully saturated rings. The lowest BCUT2D eigenvalue weighted by molar-refractivity contribution is -0.137. The van der Waals surface area contributed by atoms with Gasteiger partial charge < -0.3 is 24.9 Å². The van der Waals surface area contributed by atoms with Gasteiger partial charge in [0.15, 0.2) is 0 Å². The molecule has 0 saturated carbocycles. The number of unbranched alkanes of at least 4 members (excludes halogenated alkanes) is 9. The molecule has 8 nitrogen and oxygen atoms in total. The molecule has 8 heteroatoms. The van der Waals surface area contributed by atoms with Gasteiger partial charge in [0, 0.05) is 60.1 Å². The summed E-state index contributed by atoms with van der Waals surface area (Å²) in [6, 6.07) is 14.8. The minimum atomic E-state index is -0.831. The van der Waals surface area contributed by atoms with E-state index in [9.17, 15) is 24.6 Å². The van der Waals surface area contributed by atoms with E-state index in [2.05, 4.69) is 119 Å². The third kappa shape index (κ3) is 11.9. The number of hydrogen-bond donors (Lipinski definition) is 2.